The van der Waals surface area contributed by atoms with E-state index in [1.807, 2.05) is 29.5 Å². The monoisotopic (exact) mass is 349 g/mol. The Morgan fingerprint density at radius 1 is 0.750 bits per heavy atom. The molecule has 0 spiro atoms. The van der Waals surface area contributed by atoms with E-state index in [4.69, 9.17) is 11.6 Å². The number of rotatable bonds is 3. The summed E-state index contributed by atoms with van der Waals surface area (Å²) in [7, 11) is 0. The van der Waals surface area contributed by atoms with Gasteiger partial charge < -0.3 is 4.57 Å². The average molecular weight is 350 g/mol. The molecule has 4 aromatic rings. The molecule has 0 N–H and O–H groups in total. The van der Waals surface area contributed by atoms with E-state index in [1.165, 1.54) is 26.7 Å². The molecule has 0 unspecified atom stereocenters. The van der Waals surface area contributed by atoms with Crippen molar-refractivity contribution in [3.63, 3.8) is 0 Å². The Balaban J connectivity index is 1.95. The Morgan fingerprint density at radius 2 is 1.46 bits per heavy atom. The molecule has 0 atom stereocenters. The van der Waals surface area contributed by atoms with Crippen LogP contribution < -0.4 is 0 Å². The predicted molar refractivity (Wildman–Crippen MR) is 104 cm³/mol. The first-order valence-electron chi connectivity index (χ1n) is 7.82. The fourth-order valence-corrected chi connectivity index (χ4v) is 3.91. The largest absolute Gasteiger partial charge is 0.308 e. The van der Waals surface area contributed by atoms with E-state index in [0.29, 0.717) is 0 Å². The van der Waals surface area contributed by atoms with Gasteiger partial charge in [0.2, 0.25) is 0 Å². The van der Waals surface area contributed by atoms with Crippen molar-refractivity contribution in [1.29, 1.82) is 0 Å². The molecule has 24 heavy (non-hydrogen) atoms. The summed E-state index contributed by atoms with van der Waals surface area (Å²) in [5, 5.41) is 0.751. The third-order valence-corrected chi connectivity index (χ3v) is 5.30. The van der Waals surface area contributed by atoms with Gasteiger partial charge in [0.15, 0.2) is 0 Å². The number of aryl methyl sites for hydroxylation is 1. The first-order chi connectivity index (χ1) is 11.7. The van der Waals surface area contributed by atoms with E-state index in [1.54, 1.807) is 0 Å². The molecule has 0 aliphatic rings. The van der Waals surface area contributed by atoms with Gasteiger partial charge in [-0.2, -0.15) is 0 Å². The molecule has 0 radical (unpaired) electrons. The summed E-state index contributed by atoms with van der Waals surface area (Å²) in [6.07, 6.45) is 0. The molecule has 4 rings (SSSR count). The molecule has 3 heteroatoms. The van der Waals surface area contributed by atoms with Gasteiger partial charge >= 0.3 is 0 Å². The average Bonchev–Trinajstić information content (AvgIpc) is 3.22. The minimum atomic E-state index is 0.751. The summed E-state index contributed by atoms with van der Waals surface area (Å²) in [5.41, 5.74) is 4.70. The highest BCUT2D eigenvalue weighted by Crippen LogP contribution is 2.35. The van der Waals surface area contributed by atoms with Crippen LogP contribution in [0.1, 0.15) is 4.88 Å². The van der Waals surface area contributed by atoms with Crippen LogP contribution in [0.4, 0.5) is 0 Å². The lowest BCUT2D eigenvalue weighted by molar-refractivity contribution is 1.10. The van der Waals surface area contributed by atoms with E-state index in [9.17, 15) is 0 Å². The highest BCUT2D eigenvalue weighted by Gasteiger charge is 2.14. The fourth-order valence-electron chi connectivity index (χ4n) is 2.90. The molecule has 2 heterocycles. The topological polar surface area (TPSA) is 4.93 Å². The van der Waals surface area contributed by atoms with Crippen molar-refractivity contribution in [3.8, 4) is 27.5 Å². The minimum Gasteiger partial charge on any atom is -0.308 e. The van der Waals surface area contributed by atoms with E-state index >= 15 is 0 Å². The molecule has 1 nitrogen and oxygen atoms in total. The summed E-state index contributed by atoms with van der Waals surface area (Å²) in [6.45, 7) is 2.14. The van der Waals surface area contributed by atoms with Crippen LogP contribution in [0.5, 0.6) is 0 Å². The van der Waals surface area contributed by atoms with Crippen LogP contribution in [0.15, 0.2) is 78.9 Å². The van der Waals surface area contributed by atoms with Crippen LogP contribution in [-0.4, -0.2) is 4.57 Å². The first kappa shape index (κ1) is 15.3. The van der Waals surface area contributed by atoms with E-state index < -0.39 is 0 Å². The van der Waals surface area contributed by atoms with Gasteiger partial charge in [-0.1, -0.05) is 41.9 Å². The lowest BCUT2D eigenvalue weighted by Gasteiger charge is -2.13. The maximum atomic E-state index is 6.08. The standard InChI is InChI=1S/C21H16ClNS/c1-15-7-14-21(24-15)20-13-12-19(16-5-3-2-4-6-16)23(20)18-10-8-17(22)9-11-18/h2-14H,1H3. The highest BCUT2D eigenvalue weighted by atomic mass is 35.5. The Morgan fingerprint density at radius 3 is 2.12 bits per heavy atom. The van der Waals surface area contributed by atoms with Crippen LogP contribution in [0, 0.1) is 6.92 Å². The number of hydrogen-bond acceptors (Lipinski definition) is 1. The van der Waals surface area contributed by atoms with E-state index in [-0.39, 0.29) is 0 Å². The molecule has 0 bridgehead atoms. The fraction of sp³-hybridized carbons (Fsp3) is 0.0476. The second kappa shape index (κ2) is 6.31. The summed E-state index contributed by atoms with van der Waals surface area (Å²) in [4.78, 5) is 2.58. The van der Waals surface area contributed by atoms with Crippen molar-refractivity contribution in [2.24, 2.45) is 0 Å². The molecule has 0 aliphatic carbocycles. The van der Waals surface area contributed by atoms with Gasteiger partial charge in [-0.05, 0) is 61.0 Å². The zero-order chi connectivity index (χ0) is 16.5. The Labute approximate surface area is 150 Å². The molecule has 0 saturated heterocycles. The van der Waals surface area contributed by atoms with Gasteiger partial charge in [0.25, 0.3) is 0 Å². The molecular formula is C21H16ClNS. The van der Waals surface area contributed by atoms with Crippen LogP contribution in [-0.2, 0) is 0 Å². The van der Waals surface area contributed by atoms with Crippen molar-refractivity contribution >= 4 is 22.9 Å². The molecule has 0 amide bonds. The van der Waals surface area contributed by atoms with E-state index in [0.717, 1.165) is 10.7 Å². The number of nitrogens with zero attached hydrogens (tertiary/aromatic N) is 1. The smallest absolute Gasteiger partial charge is 0.0634 e. The molecule has 2 aromatic heterocycles. The van der Waals surface area contributed by atoms with Crippen molar-refractivity contribution in [1.82, 2.24) is 4.57 Å². The SMILES string of the molecule is Cc1ccc(-c2ccc(-c3ccccc3)n2-c2ccc(Cl)cc2)s1. The Kier molecular flexibility index (Phi) is 4.01. The second-order valence-corrected chi connectivity index (χ2v) is 7.42. The lowest BCUT2D eigenvalue weighted by atomic mass is 10.1. The van der Waals surface area contributed by atoms with Gasteiger partial charge in [0, 0.05) is 15.6 Å². The van der Waals surface area contributed by atoms with Crippen molar-refractivity contribution in [2.45, 2.75) is 6.92 Å². The second-order valence-electron chi connectivity index (χ2n) is 5.69. The van der Waals surface area contributed by atoms with Gasteiger partial charge in [-0.3, -0.25) is 0 Å². The summed E-state index contributed by atoms with van der Waals surface area (Å²) >= 11 is 7.90. The van der Waals surface area contributed by atoms with Crippen LogP contribution in [0.2, 0.25) is 5.02 Å². The van der Waals surface area contributed by atoms with Crippen molar-refractivity contribution in [3.05, 3.63) is 88.8 Å². The lowest BCUT2D eigenvalue weighted by Crippen LogP contribution is -1.98. The zero-order valence-electron chi connectivity index (χ0n) is 13.2. The Bertz CT molecular complexity index is 965. The molecular weight excluding hydrogens is 334 g/mol. The van der Waals surface area contributed by atoms with Crippen molar-refractivity contribution in [2.75, 3.05) is 0 Å². The molecule has 0 fully saturated rings. The van der Waals surface area contributed by atoms with Crippen molar-refractivity contribution < 1.29 is 0 Å². The summed E-state index contributed by atoms with van der Waals surface area (Å²) in [5.74, 6) is 0. The zero-order valence-corrected chi connectivity index (χ0v) is 14.8. The molecule has 2 aromatic carbocycles. The number of hydrogen-bond donors (Lipinski definition) is 0. The minimum absolute atomic E-state index is 0.751. The van der Waals surface area contributed by atoms with Gasteiger partial charge in [0.05, 0.1) is 16.3 Å². The molecule has 0 saturated carbocycles. The molecule has 0 aliphatic heterocycles. The normalized spacial score (nSPS) is 10.9. The predicted octanol–water partition coefficient (Wildman–Crippen LogP) is 6.83. The van der Waals surface area contributed by atoms with Crippen LogP contribution in [0.25, 0.3) is 27.5 Å². The highest BCUT2D eigenvalue weighted by molar-refractivity contribution is 7.15. The van der Waals surface area contributed by atoms with E-state index in [2.05, 4.69) is 72.2 Å². The first-order valence-corrected chi connectivity index (χ1v) is 9.02. The third kappa shape index (κ3) is 2.79. The van der Waals surface area contributed by atoms with Gasteiger partial charge in [-0.15, -0.1) is 11.3 Å². The van der Waals surface area contributed by atoms with Crippen LogP contribution >= 0.6 is 22.9 Å². The number of thiophene rings is 1. The summed E-state index contributed by atoms with van der Waals surface area (Å²) in [6, 6.07) is 27.2. The Hall–Kier alpha value is -2.29. The number of benzene rings is 2. The summed E-state index contributed by atoms with van der Waals surface area (Å²) < 4.78 is 2.30. The third-order valence-electron chi connectivity index (χ3n) is 4.03. The van der Waals surface area contributed by atoms with Crippen LogP contribution in [0.3, 0.4) is 0 Å². The van der Waals surface area contributed by atoms with Gasteiger partial charge in [-0.25, -0.2) is 0 Å². The quantitative estimate of drug-likeness (QED) is 0.381. The molecule has 118 valence electrons. The number of halogens is 1. The maximum Gasteiger partial charge on any atom is 0.0634 e. The van der Waals surface area contributed by atoms with Gasteiger partial charge in [0.1, 0.15) is 0 Å². The number of aromatic nitrogens is 1. The maximum absolute atomic E-state index is 6.08.